The van der Waals surface area contributed by atoms with Crippen LogP contribution >= 0.6 is 11.3 Å². The smallest absolute Gasteiger partial charge is 0.298 e. The number of para-hydroxylation sites is 2. The first-order valence-corrected chi connectivity index (χ1v) is 17.9. The van der Waals surface area contributed by atoms with E-state index in [0.717, 1.165) is 54.5 Å². The van der Waals surface area contributed by atoms with Crippen molar-refractivity contribution in [2.45, 2.75) is 6.92 Å². The lowest BCUT2D eigenvalue weighted by atomic mass is 9.93. The Morgan fingerprint density at radius 3 is 1.65 bits per heavy atom. The maximum absolute atomic E-state index is 11.7. The number of fused-ring (bicyclic) bond motifs is 1. The van der Waals surface area contributed by atoms with Crippen LogP contribution in [0.4, 0.5) is 17.1 Å². The molecule has 1 heterocycles. The van der Waals surface area contributed by atoms with Crippen molar-refractivity contribution >= 4 is 56.7 Å². The fraction of sp³-hybridized carbons (Fsp3) is 0.0213. The van der Waals surface area contributed by atoms with E-state index >= 15 is 0 Å². The monoisotopic (exact) mass is 690 g/mol. The summed E-state index contributed by atoms with van der Waals surface area (Å²) in [5, 5.41) is 0.909. The normalized spacial score (nSPS) is 11.4. The average Bonchev–Trinajstić information content (AvgIpc) is 3.64. The second-order valence-corrected chi connectivity index (χ2v) is 13.5. The van der Waals surface area contributed by atoms with Gasteiger partial charge in [0, 0.05) is 28.7 Å². The molecule has 0 unspecified atom stereocenters. The molecular formula is C47H34N2O2S. The van der Waals surface area contributed by atoms with E-state index < -0.39 is 0 Å². The van der Waals surface area contributed by atoms with Gasteiger partial charge in [-0.15, -0.1) is 11.3 Å². The first kappa shape index (κ1) is 32.6. The minimum absolute atomic E-state index is 0.472. The van der Waals surface area contributed by atoms with Crippen LogP contribution in [0.15, 0.2) is 176 Å². The number of nitrogens with zero attached hydrogens (tertiary/aromatic N) is 2. The fourth-order valence-corrected chi connectivity index (χ4v) is 7.47. The third-order valence-electron chi connectivity index (χ3n) is 9.04. The molecule has 0 fully saturated rings. The van der Waals surface area contributed by atoms with Gasteiger partial charge in [0.2, 0.25) is 0 Å². The summed E-state index contributed by atoms with van der Waals surface area (Å²) in [4.78, 5) is 18.9. The van der Waals surface area contributed by atoms with Crippen molar-refractivity contribution in [2.24, 2.45) is 0 Å². The summed E-state index contributed by atoms with van der Waals surface area (Å²) in [6, 6.07) is 60.6. The molecule has 0 amide bonds. The van der Waals surface area contributed by atoms with E-state index in [1.807, 2.05) is 73.7 Å². The summed E-state index contributed by atoms with van der Waals surface area (Å²) in [5.74, 6) is 0.472. The van der Waals surface area contributed by atoms with Gasteiger partial charge >= 0.3 is 0 Å². The van der Waals surface area contributed by atoms with Crippen LogP contribution in [0.25, 0.3) is 55.2 Å². The molecule has 4 nitrogen and oxygen atoms in total. The predicted molar refractivity (Wildman–Crippen MR) is 217 cm³/mol. The van der Waals surface area contributed by atoms with Crippen molar-refractivity contribution < 1.29 is 9.53 Å². The van der Waals surface area contributed by atoms with Crippen LogP contribution in [0.2, 0.25) is 0 Å². The van der Waals surface area contributed by atoms with Gasteiger partial charge in [-0.25, -0.2) is 4.98 Å². The van der Waals surface area contributed by atoms with E-state index in [0.29, 0.717) is 12.2 Å². The number of thiazole rings is 1. The van der Waals surface area contributed by atoms with Gasteiger partial charge in [-0.2, -0.15) is 0 Å². The van der Waals surface area contributed by atoms with Crippen molar-refractivity contribution in [3.63, 3.8) is 0 Å². The zero-order chi connectivity index (χ0) is 35.3. The largest absolute Gasteiger partial charge is 0.428 e. The predicted octanol–water partition coefficient (Wildman–Crippen LogP) is 12.9. The van der Waals surface area contributed by atoms with Crippen LogP contribution in [0.3, 0.4) is 0 Å². The number of allylic oxidation sites excluding steroid dienone is 1. The molecule has 52 heavy (non-hydrogen) atoms. The second-order valence-electron chi connectivity index (χ2n) is 12.5. The van der Waals surface area contributed by atoms with E-state index in [1.165, 1.54) is 22.3 Å². The minimum atomic E-state index is 0.472. The third kappa shape index (κ3) is 6.91. The molecule has 8 rings (SSSR count). The Kier molecular flexibility index (Phi) is 9.25. The van der Waals surface area contributed by atoms with Gasteiger partial charge < -0.3 is 9.64 Å². The fourth-order valence-electron chi connectivity index (χ4n) is 6.49. The second kappa shape index (κ2) is 14.7. The third-order valence-corrected chi connectivity index (χ3v) is 10.2. The molecule has 0 saturated carbocycles. The zero-order valence-electron chi connectivity index (χ0n) is 28.5. The lowest BCUT2D eigenvalue weighted by molar-refractivity contribution is -0.120. The molecule has 250 valence electrons. The molecular weight excluding hydrogens is 657 g/mol. The first-order chi connectivity index (χ1) is 25.6. The van der Waals surface area contributed by atoms with Gasteiger partial charge in [0.25, 0.3) is 6.47 Å². The van der Waals surface area contributed by atoms with E-state index in [9.17, 15) is 4.79 Å². The van der Waals surface area contributed by atoms with Crippen LogP contribution in [-0.4, -0.2) is 11.5 Å². The Balaban J connectivity index is 1.14. The topological polar surface area (TPSA) is 42.4 Å². The molecule has 0 radical (unpaired) electrons. The van der Waals surface area contributed by atoms with Crippen LogP contribution in [0, 0.1) is 0 Å². The van der Waals surface area contributed by atoms with Gasteiger partial charge in [-0.1, -0.05) is 103 Å². The highest BCUT2D eigenvalue weighted by Crippen LogP contribution is 2.39. The summed E-state index contributed by atoms with van der Waals surface area (Å²) in [7, 11) is 0. The van der Waals surface area contributed by atoms with Gasteiger partial charge in [-0.3, -0.25) is 4.79 Å². The number of carbonyl (C=O) groups excluding carboxylic acids is 1. The van der Waals surface area contributed by atoms with E-state index in [1.54, 1.807) is 11.3 Å². The van der Waals surface area contributed by atoms with Gasteiger partial charge in [0.1, 0.15) is 10.8 Å². The van der Waals surface area contributed by atoms with Crippen molar-refractivity contribution in [1.82, 2.24) is 4.98 Å². The molecule has 8 aromatic rings. The highest BCUT2D eigenvalue weighted by molar-refractivity contribution is 7.19. The molecule has 7 aromatic carbocycles. The Morgan fingerprint density at radius 2 is 1.10 bits per heavy atom. The number of rotatable bonds is 10. The summed E-state index contributed by atoms with van der Waals surface area (Å²) in [6.07, 6.45) is 2.03. The van der Waals surface area contributed by atoms with Crippen LogP contribution < -0.4 is 9.64 Å². The standard InChI is InChI=1S/C47H34N2O2S/c1-33(26-37-22-24-43(31-45(37)51-32-50)49(41-18-10-4-11-19-41)42-20-12-5-13-21-42)47-48-44-25-23-36(30-46(44)52-47)40-28-38(34-14-6-2-7-15-34)27-39(29-40)35-16-8-3-9-17-35/h2-32H,1H3/b33-26+. The summed E-state index contributed by atoms with van der Waals surface area (Å²) in [5.41, 5.74) is 12.6. The highest BCUT2D eigenvalue weighted by atomic mass is 32.1. The molecule has 0 aliphatic carbocycles. The molecule has 0 spiro atoms. The van der Waals surface area contributed by atoms with Crippen molar-refractivity contribution in [1.29, 1.82) is 0 Å². The highest BCUT2D eigenvalue weighted by Gasteiger charge is 2.16. The van der Waals surface area contributed by atoms with E-state index in [2.05, 4.69) is 120 Å². The van der Waals surface area contributed by atoms with Crippen LogP contribution in [0.1, 0.15) is 17.5 Å². The number of ether oxygens (including phenoxy) is 1. The van der Waals surface area contributed by atoms with Crippen molar-refractivity contribution in [3.8, 4) is 39.1 Å². The Bertz CT molecular complexity index is 2410. The number of benzene rings is 7. The van der Waals surface area contributed by atoms with E-state index in [4.69, 9.17) is 9.72 Å². The number of hydrogen-bond donors (Lipinski definition) is 0. The minimum Gasteiger partial charge on any atom is -0.428 e. The first-order valence-electron chi connectivity index (χ1n) is 17.1. The molecule has 5 heteroatoms. The Hall–Kier alpha value is -6.56. The van der Waals surface area contributed by atoms with Crippen LogP contribution in [0.5, 0.6) is 5.75 Å². The average molecular weight is 691 g/mol. The summed E-state index contributed by atoms with van der Waals surface area (Å²) in [6.45, 7) is 2.53. The summed E-state index contributed by atoms with van der Waals surface area (Å²) >= 11 is 1.66. The molecule has 0 bridgehead atoms. The molecule has 0 saturated heterocycles. The number of aromatic nitrogens is 1. The SMILES string of the molecule is C/C(=C\c1ccc(N(c2ccccc2)c2ccccc2)cc1OC=O)c1nc2ccc(-c3cc(-c4ccccc4)cc(-c4ccccc4)c3)cc2s1. The molecule has 0 N–H and O–H groups in total. The summed E-state index contributed by atoms with van der Waals surface area (Å²) < 4.78 is 6.68. The molecule has 0 aliphatic rings. The number of anilines is 3. The number of hydrogen-bond acceptors (Lipinski definition) is 5. The molecule has 1 aromatic heterocycles. The van der Waals surface area contributed by atoms with Gasteiger partial charge in [0.15, 0.2) is 0 Å². The molecule has 0 atom stereocenters. The van der Waals surface area contributed by atoms with Crippen molar-refractivity contribution in [2.75, 3.05) is 4.90 Å². The van der Waals surface area contributed by atoms with Gasteiger partial charge in [0.05, 0.1) is 10.2 Å². The maximum Gasteiger partial charge on any atom is 0.298 e. The van der Waals surface area contributed by atoms with Crippen LogP contribution in [-0.2, 0) is 4.79 Å². The maximum atomic E-state index is 11.7. The number of carbonyl (C=O) groups is 1. The lowest BCUT2D eigenvalue weighted by Gasteiger charge is -2.26. The Morgan fingerprint density at radius 1 is 0.558 bits per heavy atom. The molecule has 0 aliphatic heterocycles. The van der Waals surface area contributed by atoms with E-state index in [-0.39, 0.29) is 0 Å². The Labute approximate surface area is 307 Å². The quantitative estimate of drug-likeness (QED) is 0.134. The van der Waals surface area contributed by atoms with Gasteiger partial charge in [-0.05, 0) is 119 Å². The zero-order valence-corrected chi connectivity index (χ0v) is 29.3. The van der Waals surface area contributed by atoms with Crippen molar-refractivity contribution in [3.05, 3.63) is 186 Å². The lowest BCUT2D eigenvalue weighted by Crippen LogP contribution is -2.10.